The van der Waals surface area contributed by atoms with E-state index in [1.165, 1.54) is 5.69 Å². The molecule has 6 heterocycles. The van der Waals surface area contributed by atoms with E-state index in [4.69, 9.17) is 11.6 Å². The van der Waals surface area contributed by atoms with Gasteiger partial charge in [0, 0.05) is 101 Å². The Kier molecular flexibility index (Phi) is 10.1. The number of piperidine rings is 2. The van der Waals surface area contributed by atoms with E-state index in [1.807, 2.05) is 35.2 Å². The molecule has 6 aliphatic rings. The molecule has 0 radical (unpaired) electrons. The van der Waals surface area contributed by atoms with Crippen molar-refractivity contribution in [1.29, 1.82) is 5.26 Å². The van der Waals surface area contributed by atoms with Crippen molar-refractivity contribution < 1.29 is 24.0 Å². The number of rotatable bonds is 7. The molecule has 5 saturated heterocycles. The highest BCUT2D eigenvalue weighted by Gasteiger charge is 2.45. The number of hydrogen-bond acceptors (Lipinski definition) is 10. The van der Waals surface area contributed by atoms with E-state index in [-0.39, 0.29) is 24.2 Å². The second-order valence-electron chi connectivity index (χ2n) is 16.9. The van der Waals surface area contributed by atoms with E-state index in [1.54, 1.807) is 18.2 Å². The van der Waals surface area contributed by atoms with Gasteiger partial charge in [0.1, 0.15) is 12.1 Å². The van der Waals surface area contributed by atoms with Gasteiger partial charge in [0.25, 0.3) is 17.7 Å². The van der Waals surface area contributed by atoms with Crippen LogP contribution in [0.4, 0.5) is 17.1 Å². The zero-order valence-electron chi connectivity index (χ0n) is 32.5. The van der Waals surface area contributed by atoms with Crippen molar-refractivity contribution >= 4 is 58.2 Å². The molecule has 0 aliphatic carbocycles. The highest BCUT2D eigenvalue weighted by Crippen LogP contribution is 2.43. The second-order valence-corrected chi connectivity index (χ2v) is 17.3. The monoisotopic (exact) mass is 802 g/mol. The fraction of sp³-hybridized carbons (Fsp3) is 0.455. The number of anilines is 3. The molecule has 5 fully saturated rings. The predicted octanol–water partition coefficient (Wildman–Crippen LogP) is 4.39. The lowest BCUT2D eigenvalue weighted by molar-refractivity contribution is -0.136. The number of imide groups is 2. The number of carbonyl (C=O) groups is 5. The van der Waals surface area contributed by atoms with Gasteiger partial charge in [-0.3, -0.25) is 39.1 Å². The van der Waals surface area contributed by atoms with Gasteiger partial charge in [-0.2, -0.15) is 5.26 Å². The van der Waals surface area contributed by atoms with Gasteiger partial charge in [0.2, 0.25) is 11.8 Å². The molecule has 1 spiro atoms. The Balaban J connectivity index is 0.731. The van der Waals surface area contributed by atoms with Crippen LogP contribution in [0.25, 0.3) is 0 Å². The molecule has 13 nitrogen and oxygen atoms in total. The van der Waals surface area contributed by atoms with Gasteiger partial charge in [-0.1, -0.05) is 11.6 Å². The highest BCUT2D eigenvalue weighted by atomic mass is 35.5. The molecular formula is C44H47ClN8O5. The molecule has 3 aromatic rings. The lowest BCUT2D eigenvalue weighted by Gasteiger charge is -2.40. The van der Waals surface area contributed by atoms with Crippen LogP contribution in [-0.2, 0) is 9.59 Å². The lowest BCUT2D eigenvalue weighted by atomic mass is 9.77. The third kappa shape index (κ3) is 7.17. The first-order valence-electron chi connectivity index (χ1n) is 20.5. The number of hydrogen-bond donors (Lipinski definition) is 1. The van der Waals surface area contributed by atoms with Crippen molar-refractivity contribution in [2.45, 2.75) is 44.6 Å². The highest BCUT2D eigenvalue weighted by molar-refractivity contribution is 6.32. The summed E-state index contributed by atoms with van der Waals surface area (Å²) in [5, 5.41) is 12.0. The third-order valence-corrected chi connectivity index (χ3v) is 13.7. The molecule has 0 bridgehead atoms. The number of amides is 5. The maximum Gasteiger partial charge on any atom is 0.262 e. The largest absolute Gasteiger partial charge is 0.371 e. The number of piperazine rings is 1. The van der Waals surface area contributed by atoms with Gasteiger partial charge in [-0.05, 0) is 104 Å². The van der Waals surface area contributed by atoms with Crippen molar-refractivity contribution in [2.24, 2.45) is 11.3 Å². The average Bonchev–Trinajstić information content (AvgIpc) is 3.95. The Morgan fingerprint density at radius 1 is 0.759 bits per heavy atom. The molecule has 0 saturated carbocycles. The summed E-state index contributed by atoms with van der Waals surface area (Å²) in [4.78, 5) is 76.7. The molecule has 3 aromatic carbocycles. The first-order valence-corrected chi connectivity index (χ1v) is 20.9. The molecule has 2 atom stereocenters. The molecular weight excluding hydrogens is 756 g/mol. The minimum absolute atomic E-state index is 0.0761. The fourth-order valence-electron chi connectivity index (χ4n) is 9.96. The van der Waals surface area contributed by atoms with Gasteiger partial charge in [0.15, 0.2) is 0 Å². The number of nitriles is 1. The first-order chi connectivity index (χ1) is 28.1. The standard InChI is InChI=1S/C44H47ClN8O5/c45-37-24-34(6-3-31(37)25-46)49-16-12-44(13-17-49)14-18-52(28-44)32-4-1-30(2-5-32)41(56)50-21-19-48(20-22-50)26-29-11-15-51(27-29)33-7-8-35-36(23-33)43(58)53(42(35)57)38-9-10-39(54)47-40(38)55/h1-8,23-24,29,38H,9-22,26-28H2,(H,47,54,55)/t29-,38?/m1/s1. The predicted molar refractivity (Wildman–Crippen MR) is 219 cm³/mol. The van der Waals surface area contributed by atoms with E-state index in [9.17, 15) is 29.2 Å². The zero-order valence-corrected chi connectivity index (χ0v) is 33.3. The summed E-state index contributed by atoms with van der Waals surface area (Å²) >= 11 is 6.32. The van der Waals surface area contributed by atoms with Gasteiger partial charge >= 0.3 is 0 Å². The van der Waals surface area contributed by atoms with Crippen LogP contribution in [0.3, 0.4) is 0 Å². The van der Waals surface area contributed by atoms with Crippen molar-refractivity contribution in [2.75, 3.05) is 86.7 Å². The van der Waals surface area contributed by atoms with Crippen molar-refractivity contribution in [1.82, 2.24) is 20.0 Å². The van der Waals surface area contributed by atoms with Crippen LogP contribution in [0.5, 0.6) is 0 Å². The van der Waals surface area contributed by atoms with E-state index in [2.05, 4.69) is 43.1 Å². The molecule has 58 heavy (non-hydrogen) atoms. The Bertz CT molecular complexity index is 2210. The Hall–Kier alpha value is -5.45. The molecule has 5 amide bonds. The number of benzene rings is 3. The number of carbonyl (C=O) groups excluding carboxylic acids is 5. The summed E-state index contributed by atoms with van der Waals surface area (Å²) < 4.78 is 0. The van der Waals surface area contributed by atoms with Crippen LogP contribution in [-0.4, -0.2) is 122 Å². The van der Waals surface area contributed by atoms with Crippen molar-refractivity contribution in [3.8, 4) is 6.07 Å². The van der Waals surface area contributed by atoms with Crippen LogP contribution < -0.4 is 20.0 Å². The van der Waals surface area contributed by atoms with E-state index in [0.717, 1.165) is 106 Å². The smallest absolute Gasteiger partial charge is 0.262 e. The van der Waals surface area contributed by atoms with Crippen LogP contribution >= 0.6 is 11.6 Å². The quantitative estimate of drug-likeness (QED) is 0.342. The van der Waals surface area contributed by atoms with Gasteiger partial charge in [0.05, 0.1) is 21.7 Å². The normalized spacial score (nSPS) is 23.5. The minimum Gasteiger partial charge on any atom is -0.371 e. The summed E-state index contributed by atoms with van der Waals surface area (Å²) in [6, 6.07) is 20.4. The zero-order chi connectivity index (χ0) is 40.1. The van der Waals surface area contributed by atoms with Crippen LogP contribution in [0, 0.1) is 22.7 Å². The molecule has 1 N–H and O–H groups in total. The molecule has 0 aromatic heterocycles. The van der Waals surface area contributed by atoms with Gasteiger partial charge in [-0.25, -0.2) is 0 Å². The van der Waals surface area contributed by atoms with Crippen LogP contribution in [0.1, 0.15) is 75.2 Å². The molecule has 14 heteroatoms. The topological polar surface area (TPSA) is 141 Å². The summed E-state index contributed by atoms with van der Waals surface area (Å²) in [6.45, 7) is 9.55. The molecule has 300 valence electrons. The van der Waals surface area contributed by atoms with Crippen molar-refractivity contribution in [3.63, 3.8) is 0 Å². The SMILES string of the molecule is N#Cc1ccc(N2CCC3(CC2)CCN(c2ccc(C(=O)N4CCN(C[C@H]5CCN(c6ccc7c(c6)C(=O)N(C6CCC(=O)NC6=O)C7=O)C5)CC4)cc2)C3)cc1Cl. The third-order valence-electron chi connectivity index (χ3n) is 13.4. The maximum atomic E-state index is 13.6. The number of nitrogens with one attached hydrogen (secondary N) is 1. The van der Waals surface area contributed by atoms with Gasteiger partial charge < -0.3 is 19.6 Å². The minimum atomic E-state index is -0.977. The van der Waals surface area contributed by atoms with Crippen LogP contribution in [0.15, 0.2) is 60.7 Å². The lowest BCUT2D eigenvalue weighted by Crippen LogP contribution is -2.54. The number of nitrogens with zero attached hydrogens (tertiary/aromatic N) is 7. The Morgan fingerprint density at radius 2 is 1.43 bits per heavy atom. The number of fused-ring (bicyclic) bond motifs is 1. The molecule has 9 rings (SSSR count). The van der Waals surface area contributed by atoms with E-state index in [0.29, 0.717) is 40.7 Å². The first kappa shape index (κ1) is 38.1. The van der Waals surface area contributed by atoms with E-state index >= 15 is 0 Å². The summed E-state index contributed by atoms with van der Waals surface area (Å²) in [5.41, 5.74) is 5.23. The van der Waals surface area contributed by atoms with Gasteiger partial charge in [-0.15, -0.1) is 0 Å². The molecule has 1 unspecified atom stereocenters. The fourth-order valence-corrected chi connectivity index (χ4v) is 10.2. The van der Waals surface area contributed by atoms with Crippen molar-refractivity contribution in [3.05, 3.63) is 87.9 Å². The Morgan fingerprint density at radius 3 is 2.14 bits per heavy atom. The Labute approximate surface area is 343 Å². The van der Waals surface area contributed by atoms with E-state index < -0.39 is 29.7 Å². The summed E-state index contributed by atoms with van der Waals surface area (Å²) in [7, 11) is 0. The number of halogens is 1. The maximum absolute atomic E-state index is 13.6. The molecule has 6 aliphatic heterocycles. The average molecular weight is 803 g/mol. The van der Waals surface area contributed by atoms with Crippen LogP contribution in [0.2, 0.25) is 5.02 Å². The second kappa shape index (κ2) is 15.4. The summed E-state index contributed by atoms with van der Waals surface area (Å²) in [5.74, 6) is -1.48. The summed E-state index contributed by atoms with van der Waals surface area (Å²) in [6.07, 6.45) is 4.60.